The van der Waals surface area contributed by atoms with Gasteiger partial charge in [0.2, 0.25) is 0 Å². The Morgan fingerprint density at radius 2 is 1.11 bits per heavy atom. The highest BCUT2D eigenvalue weighted by Crippen LogP contribution is 2.22. The van der Waals surface area contributed by atoms with Crippen LogP contribution in [0.2, 0.25) is 0 Å². The van der Waals surface area contributed by atoms with Gasteiger partial charge in [0.15, 0.2) is 12.4 Å². The predicted octanol–water partition coefficient (Wildman–Crippen LogP) is 8.55. The number of allylic oxidation sites excluding steroid dienone is 3. The van der Waals surface area contributed by atoms with E-state index in [1.165, 1.54) is 128 Å². The highest BCUT2D eigenvalue weighted by molar-refractivity contribution is 5.82. The minimum Gasteiger partial charge on any atom is -0.458 e. The van der Waals surface area contributed by atoms with E-state index in [9.17, 15) is 30.0 Å². The topological polar surface area (TPSA) is 152 Å². The number of aliphatic hydroxyl groups excluding tert-OH is 4. The second-order valence-corrected chi connectivity index (χ2v) is 14.9. The molecule has 10 heteroatoms. The second-order valence-electron chi connectivity index (χ2n) is 14.9. The van der Waals surface area contributed by atoms with Crippen molar-refractivity contribution in [1.29, 1.82) is 0 Å². The van der Waals surface area contributed by atoms with Crippen molar-refractivity contribution in [2.45, 2.75) is 218 Å². The summed E-state index contributed by atoms with van der Waals surface area (Å²) in [5, 5.41) is 40.0. The summed E-state index contributed by atoms with van der Waals surface area (Å²) in [5.74, 6) is -1.05. The molecular formula is C43H78O10. The molecule has 0 aromatic carbocycles. The van der Waals surface area contributed by atoms with Gasteiger partial charge in [0.1, 0.15) is 31.0 Å². The molecule has 1 aliphatic rings. The Kier molecular flexibility index (Phi) is 32.2. The summed E-state index contributed by atoms with van der Waals surface area (Å²) >= 11 is 0. The van der Waals surface area contributed by atoms with Gasteiger partial charge in [0, 0.05) is 12.5 Å². The monoisotopic (exact) mass is 755 g/mol. The molecular weight excluding hydrogens is 676 g/mol. The van der Waals surface area contributed by atoms with Crippen LogP contribution >= 0.6 is 0 Å². The van der Waals surface area contributed by atoms with E-state index in [0.29, 0.717) is 6.42 Å². The first-order valence-corrected chi connectivity index (χ1v) is 21.5. The van der Waals surface area contributed by atoms with Crippen LogP contribution < -0.4 is 0 Å². The molecule has 4 N–H and O–H groups in total. The van der Waals surface area contributed by atoms with Crippen molar-refractivity contribution in [3.63, 3.8) is 0 Å². The van der Waals surface area contributed by atoms with Crippen LogP contribution in [0.5, 0.6) is 0 Å². The van der Waals surface area contributed by atoms with Gasteiger partial charge in [0.25, 0.3) is 0 Å². The van der Waals surface area contributed by atoms with Gasteiger partial charge in [0.05, 0.1) is 13.2 Å². The smallest absolute Gasteiger partial charge is 0.330 e. The molecule has 0 aromatic rings. The SMILES string of the molecule is CCCCCCCCCCCCC/C=C/C=C/C(=O)OC[C@@H](CO[C@H]1O[C@@H](CO)[C@@H](O)C(O)C1O)OC(=O)CCCCCCCCCCCCCCC. The van der Waals surface area contributed by atoms with E-state index in [1.54, 1.807) is 6.08 Å². The molecule has 0 amide bonds. The molecule has 310 valence electrons. The Morgan fingerprint density at radius 1 is 0.623 bits per heavy atom. The van der Waals surface area contributed by atoms with Crippen LogP contribution in [-0.4, -0.2) is 89.0 Å². The number of carbonyl (C=O) groups is 2. The van der Waals surface area contributed by atoms with E-state index in [-0.39, 0.29) is 19.6 Å². The van der Waals surface area contributed by atoms with E-state index in [2.05, 4.69) is 13.8 Å². The first-order valence-electron chi connectivity index (χ1n) is 21.5. The van der Waals surface area contributed by atoms with Crippen LogP contribution in [0, 0.1) is 0 Å². The van der Waals surface area contributed by atoms with Crippen molar-refractivity contribution >= 4 is 11.9 Å². The molecule has 0 aliphatic carbocycles. The van der Waals surface area contributed by atoms with Gasteiger partial charge >= 0.3 is 11.9 Å². The highest BCUT2D eigenvalue weighted by Gasteiger charge is 2.44. The largest absolute Gasteiger partial charge is 0.458 e. The molecule has 6 atom stereocenters. The number of esters is 2. The van der Waals surface area contributed by atoms with Gasteiger partial charge in [-0.05, 0) is 19.3 Å². The molecule has 0 aromatic heterocycles. The van der Waals surface area contributed by atoms with Crippen LogP contribution in [-0.2, 0) is 28.5 Å². The number of carbonyl (C=O) groups excluding carboxylic acids is 2. The van der Waals surface area contributed by atoms with E-state index < -0.39 is 55.4 Å². The van der Waals surface area contributed by atoms with Crippen molar-refractivity contribution in [3.8, 4) is 0 Å². The lowest BCUT2D eigenvalue weighted by molar-refractivity contribution is -0.305. The molecule has 53 heavy (non-hydrogen) atoms. The summed E-state index contributed by atoms with van der Waals surface area (Å²) in [6.45, 7) is 3.30. The number of rotatable bonds is 35. The molecule has 0 saturated carbocycles. The molecule has 10 nitrogen and oxygen atoms in total. The molecule has 1 rings (SSSR count). The van der Waals surface area contributed by atoms with Crippen LogP contribution in [0.1, 0.15) is 181 Å². The van der Waals surface area contributed by atoms with Gasteiger partial charge in [-0.3, -0.25) is 4.79 Å². The van der Waals surface area contributed by atoms with Crippen LogP contribution in [0.3, 0.4) is 0 Å². The second kappa shape index (κ2) is 34.7. The fourth-order valence-electron chi connectivity index (χ4n) is 6.51. The van der Waals surface area contributed by atoms with Crippen LogP contribution in [0.4, 0.5) is 0 Å². The molecule has 1 aliphatic heterocycles. The Balaban J connectivity index is 2.40. The summed E-state index contributed by atoms with van der Waals surface area (Å²) < 4.78 is 21.9. The van der Waals surface area contributed by atoms with E-state index in [1.807, 2.05) is 12.2 Å². The lowest BCUT2D eigenvalue weighted by atomic mass is 9.99. The van der Waals surface area contributed by atoms with E-state index >= 15 is 0 Å². The minimum atomic E-state index is -1.60. The summed E-state index contributed by atoms with van der Waals surface area (Å²) in [6.07, 6.45) is 29.6. The Morgan fingerprint density at radius 3 is 1.62 bits per heavy atom. The number of hydrogen-bond acceptors (Lipinski definition) is 10. The first kappa shape index (κ1) is 49.2. The normalized spacial score (nSPS) is 21.1. The average molecular weight is 755 g/mol. The number of ether oxygens (including phenoxy) is 4. The van der Waals surface area contributed by atoms with Crippen molar-refractivity contribution in [2.24, 2.45) is 0 Å². The summed E-state index contributed by atoms with van der Waals surface area (Å²) in [4.78, 5) is 25.1. The molecule has 0 bridgehead atoms. The third-order valence-corrected chi connectivity index (χ3v) is 9.94. The van der Waals surface area contributed by atoms with Gasteiger partial charge in [-0.25, -0.2) is 4.79 Å². The molecule has 1 fully saturated rings. The van der Waals surface area contributed by atoms with Crippen LogP contribution in [0.25, 0.3) is 0 Å². The average Bonchev–Trinajstić information content (AvgIpc) is 3.15. The molecule has 1 heterocycles. The van der Waals surface area contributed by atoms with Gasteiger partial charge in [-0.1, -0.05) is 173 Å². The minimum absolute atomic E-state index is 0.214. The number of aliphatic hydroxyl groups is 4. The van der Waals surface area contributed by atoms with Crippen molar-refractivity contribution < 1.29 is 49.0 Å². The third kappa shape index (κ3) is 26.6. The fraction of sp³-hybridized carbons (Fsp3) is 0.860. The standard InChI is InChI=1S/C43H78O10/c1-3-5-7-9-11-13-15-17-18-20-21-23-25-27-29-31-38(45)50-34-36(35-51-43-42(49)41(48)40(47)37(33-44)53-43)52-39(46)32-30-28-26-24-22-19-16-14-12-10-8-6-4-2/h25,27,29,31,36-37,40-44,47-49H,3-24,26,28,30,32-35H2,1-2H3/b27-25+,31-29+/t36-,37-,40+,41?,42?,43-/m0/s1. The zero-order valence-electron chi connectivity index (χ0n) is 33.5. The maximum Gasteiger partial charge on any atom is 0.330 e. The maximum atomic E-state index is 12.7. The molecule has 1 saturated heterocycles. The Labute approximate surface area is 322 Å². The Bertz CT molecular complexity index is 923. The lowest BCUT2D eigenvalue weighted by Crippen LogP contribution is -2.59. The van der Waals surface area contributed by atoms with E-state index in [0.717, 1.165) is 32.1 Å². The van der Waals surface area contributed by atoms with Gasteiger partial charge < -0.3 is 39.4 Å². The quantitative estimate of drug-likeness (QED) is 0.0214. The zero-order chi connectivity index (χ0) is 38.8. The summed E-state index contributed by atoms with van der Waals surface area (Å²) in [7, 11) is 0. The van der Waals surface area contributed by atoms with Crippen molar-refractivity contribution in [2.75, 3.05) is 19.8 Å². The summed E-state index contributed by atoms with van der Waals surface area (Å²) in [5.41, 5.74) is 0. The van der Waals surface area contributed by atoms with Crippen molar-refractivity contribution in [3.05, 3.63) is 24.3 Å². The Hall–Kier alpha value is -1.82. The number of unbranched alkanes of at least 4 members (excludes halogenated alkanes) is 23. The predicted molar refractivity (Wildman–Crippen MR) is 210 cm³/mol. The first-order chi connectivity index (χ1) is 25.8. The molecule has 2 unspecified atom stereocenters. The van der Waals surface area contributed by atoms with Gasteiger partial charge in [-0.2, -0.15) is 0 Å². The van der Waals surface area contributed by atoms with Crippen LogP contribution in [0.15, 0.2) is 24.3 Å². The van der Waals surface area contributed by atoms with Crippen molar-refractivity contribution in [1.82, 2.24) is 0 Å². The fourth-order valence-corrected chi connectivity index (χ4v) is 6.51. The molecule has 0 spiro atoms. The third-order valence-electron chi connectivity index (χ3n) is 9.94. The number of hydrogen-bond donors (Lipinski definition) is 4. The molecule has 0 radical (unpaired) electrons. The van der Waals surface area contributed by atoms with Gasteiger partial charge in [-0.15, -0.1) is 0 Å². The maximum absolute atomic E-state index is 12.7. The zero-order valence-corrected chi connectivity index (χ0v) is 33.5. The van der Waals surface area contributed by atoms with E-state index in [4.69, 9.17) is 18.9 Å². The highest BCUT2D eigenvalue weighted by atomic mass is 16.7. The summed E-state index contributed by atoms with van der Waals surface area (Å²) in [6, 6.07) is 0. The lowest BCUT2D eigenvalue weighted by Gasteiger charge is -2.39.